The molecule has 196 valence electrons. The molecule has 0 fully saturated rings. The van der Waals surface area contributed by atoms with Crippen molar-refractivity contribution in [3.05, 3.63) is 83.6 Å². The van der Waals surface area contributed by atoms with E-state index in [9.17, 15) is 22.8 Å². The normalized spacial score (nSPS) is 12.6. The van der Waals surface area contributed by atoms with E-state index in [4.69, 9.17) is 9.84 Å². The smallest absolute Gasteiger partial charge is 0.416 e. The van der Waals surface area contributed by atoms with Crippen molar-refractivity contribution in [3.63, 3.8) is 0 Å². The number of aliphatic carboxylic acids is 1. The van der Waals surface area contributed by atoms with Crippen molar-refractivity contribution in [3.8, 4) is 17.0 Å². The molecule has 3 rings (SSSR count). The van der Waals surface area contributed by atoms with Crippen LogP contribution < -0.4 is 10.1 Å². The van der Waals surface area contributed by atoms with Gasteiger partial charge in [0.25, 0.3) is 5.91 Å². The Morgan fingerprint density at radius 1 is 0.973 bits per heavy atom. The molecule has 0 bridgehead atoms. The predicted molar refractivity (Wildman–Crippen MR) is 133 cm³/mol. The van der Waals surface area contributed by atoms with E-state index in [0.717, 1.165) is 17.7 Å². The highest BCUT2D eigenvalue weighted by Gasteiger charge is 2.30. The molecule has 2 aromatic carbocycles. The van der Waals surface area contributed by atoms with Gasteiger partial charge in [-0.2, -0.15) is 13.2 Å². The Morgan fingerprint density at radius 3 is 2.14 bits per heavy atom. The molecule has 1 amide bonds. The molecule has 9 heteroatoms. The van der Waals surface area contributed by atoms with Crippen LogP contribution in [-0.4, -0.2) is 28.5 Å². The molecule has 0 saturated carbocycles. The minimum Gasteiger partial charge on any atom is -0.486 e. The number of benzene rings is 2. The van der Waals surface area contributed by atoms with Crippen LogP contribution in [0.5, 0.6) is 5.75 Å². The molecule has 2 N–H and O–H groups in total. The molecule has 1 aromatic heterocycles. The number of aromatic nitrogens is 1. The van der Waals surface area contributed by atoms with Gasteiger partial charge in [0.15, 0.2) is 0 Å². The largest absolute Gasteiger partial charge is 0.486 e. The van der Waals surface area contributed by atoms with E-state index in [1.165, 1.54) is 12.1 Å². The fourth-order valence-corrected chi connectivity index (χ4v) is 3.61. The average Bonchev–Trinajstić information content (AvgIpc) is 2.82. The summed E-state index contributed by atoms with van der Waals surface area (Å²) in [6.45, 7) is 6.28. The number of nitrogens with zero attached hydrogens (tertiary/aromatic N) is 1. The van der Waals surface area contributed by atoms with Crippen LogP contribution >= 0.6 is 0 Å². The van der Waals surface area contributed by atoms with Crippen molar-refractivity contribution in [1.29, 1.82) is 0 Å². The number of halogens is 3. The number of hydrogen-bond donors (Lipinski definition) is 2. The Labute approximate surface area is 213 Å². The summed E-state index contributed by atoms with van der Waals surface area (Å²) >= 11 is 0. The van der Waals surface area contributed by atoms with Crippen LogP contribution in [0.15, 0.2) is 66.9 Å². The Kier molecular flexibility index (Phi) is 8.57. The van der Waals surface area contributed by atoms with E-state index < -0.39 is 17.7 Å². The standard InChI is InChI=1S/C28H29F3N2O4/c1-27(2,3)16-24(37-22-11-6-19(7-12-22)26(36)32-15-14-25(34)35)20-8-13-23(33-17-20)18-4-9-21(10-5-18)28(29,30)31/h4-13,17,24H,14-16H2,1-3H3,(H,32,36)(H,34,35)/t24-/m1/s1. The topological polar surface area (TPSA) is 88.5 Å². The van der Waals surface area contributed by atoms with Crippen molar-refractivity contribution < 1.29 is 32.6 Å². The third-order valence-corrected chi connectivity index (χ3v) is 5.48. The van der Waals surface area contributed by atoms with Gasteiger partial charge < -0.3 is 15.2 Å². The van der Waals surface area contributed by atoms with E-state index in [0.29, 0.717) is 29.0 Å². The number of rotatable bonds is 9. The molecule has 3 aromatic rings. The maximum absolute atomic E-state index is 12.8. The highest BCUT2D eigenvalue weighted by molar-refractivity contribution is 5.94. The van der Waals surface area contributed by atoms with E-state index in [1.54, 1.807) is 36.5 Å². The first kappa shape index (κ1) is 27.7. The third-order valence-electron chi connectivity index (χ3n) is 5.48. The highest BCUT2D eigenvalue weighted by Crippen LogP contribution is 2.34. The first-order valence-electron chi connectivity index (χ1n) is 11.7. The van der Waals surface area contributed by atoms with E-state index in [2.05, 4.69) is 31.1 Å². The number of carboxylic acid groups (broad SMARTS) is 1. The second-order valence-electron chi connectivity index (χ2n) is 9.85. The van der Waals surface area contributed by atoms with Crippen LogP contribution in [0, 0.1) is 5.41 Å². The van der Waals surface area contributed by atoms with Crippen LogP contribution in [0.1, 0.15) is 61.2 Å². The lowest BCUT2D eigenvalue weighted by molar-refractivity contribution is -0.138. The quantitative estimate of drug-likeness (QED) is 0.339. The lowest BCUT2D eigenvalue weighted by Crippen LogP contribution is -2.25. The molecule has 6 nitrogen and oxygen atoms in total. The van der Waals surface area contributed by atoms with Gasteiger partial charge in [0.1, 0.15) is 11.9 Å². The van der Waals surface area contributed by atoms with Gasteiger partial charge in [0.2, 0.25) is 0 Å². The van der Waals surface area contributed by atoms with Crippen LogP contribution in [0.25, 0.3) is 11.3 Å². The van der Waals surface area contributed by atoms with Crippen LogP contribution in [0.2, 0.25) is 0 Å². The first-order valence-corrected chi connectivity index (χ1v) is 11.7. The molecular formula is C28H29F3N2O4. The Bertz CT molecular complexity index is 1200. The summed E-state index contributed by atoms with van der Waals surface area (Å²) in [4.78, 5) is 27.2. The van der Waals surface area contributed by atoms with Crippen molar-refractivity contribution in [2.24, 2.45) is 5.41 Å². The molecule has 0 aliphatic carbocycles. The predicted octanol–water partition coefficient (Wildman–Crippen LogP) is 6.53. The molecule has 1 heterocycles. The molecule has 0 unspecified atom stereocenters. The van der Waals surface area contributed by atoms with Gasteiger partial charge >= 0.3 is 12.1 Å². The molecule has 37 heavy (non-hydrogen) atoms. The number of carbonyl (C=O) groups is 2. The fraction of sp³-hybridized carbons (Fsp3) is 0.321. The Balaban J connectivity index is 1.74. The monoisotopic (exact) mass is 514 g/mol. The molecular weight excluding hydrogens is 485 g/mol. The van der Waals surface area contributed by atoms with Gasteiger partial charge in [-0.1, -0.05) is 39.0 Å². The molecule has 0 aliphatic rings. The summed E-state index contributed by atoms with van der Waals surface area (Å²) < 4.78 is 44.8. The number of alkyl halides is 3. The summed E-state index contributed by atoms with van der Waals surface area (Å²) in [5.74, 6) is -0.818. The molecule has 1 atom stereocenters. The number of ether oxygens (including phenoxy) is 1. The number of nitrogens with one attached hydrogen (secondary N) is 1. The SMILES string of the molecule is CC(C)(C)C[C@@H](Oc1ccc(C(=O)NCCC(=O)O)cc1)c1ccc(-c2ccc(C(F)(F)F)cc2)nc1. The van der Waals surface area contributed by atoms with Gasteiger partial charge in [-0.05, 0) is 54.3 Å². The van der Waals surface area contributed by atoms with Crippen LogP contribution in [0.4, 0.5) is 13.2 Å². The molecule has 0 aliphatic heterocycles. The highest BCUT2D eigenvalue weighted by atomic mass is 19.4. The zero-order valence-corrected chi connectivity index (χ0v) is 20.8. The van der Waals surface area contributed by atoms with Crippen molar-refractivity contribution in [2.45, 2.75) is 45.9 Å². The number of hydrogen-bond acceptors (Lipinski definition) is 4. The van der Waals surface area contributed by atoms with Crippen LogP contribution in [0.3, 0.4) is 0 Å². The zero-order chi connectivity index (χ0) is 27.2. The minimum atomic E-state index is -4.39. The fourth-order valence-electron chi connectivity index (χ4n) is 3.61. The number of carboxylic acids is 1. The van der Waals surface area contributed by atoms with Gasteiger partial charge in [0.05, 0.1) is 17.7 Å². The van der Waals surface area contributed by atoms with Crippen molar-refractivity contribution >= 4 is 11.9 Å². The van der Waals surface area contributed by atoms with E-state index in [1.807, 2.05) is 6.07 Å². The second-order valence-corrected chi connectivity index (χ2v) is 9.85. The van der Waals surface area contributed by atoms with E-state index >= 15 is 0 Å². The lowest BCUT2D eigenvalue weighted by Gasteiger charge is -2.27. The van der Waals surface area contributed by atoms with Gasteiger partial charge in [-0.3, -0.25) is 14.6 Å². The average molecular weight is 515 g/mol. The van der Waals surface area contributed by atoms with Gasteiger partial charge in [0, 0.05) is 29.4 Å². The second kappa shape index (κ2) is 11.5. The summed E-state index contributed by atoms with van der Waals surface area (Å²) in [5.41, 5.74) is 1.51. The van der Waals surface area contributed by atoms with Gasteiger partial charge in [-0.15, -0.1) is 0 Å². The van der Waals surface area contributed by atoms with E-state index in [-0.39, 0.29) is 30.4 Å². The molecule has 0 radical (unpaired) electrons. The third kappa shape index (κ3) is 8.34. The summed E-state index contributed by atoms with van der Waals surface area (Å²) in [6.07, 6.45) is -2.59. The maximum atomic E-state index is 12.8. The molecule has 0 saturated heterocycles. The number of carbonyl (C=O) groups excluding carboxylic acids is 1. The first-order chi connectivity index (χ1) is 17.3. The maximum Gasteiger partial charge on any atom is 0.416 e. The number of amides is 1. The summed E-state index contributed by atoms with van der Waals surface area (Å²) in [6, 6.07) is 15.0. The Hall–Kier alpha value is -3.88. The van der Waals surface area contributed by atoms with Crippen molar-refractivity contribution in [2.75, 3.05) is 6.54 Å². The summed E-state index contributed by atoms with van der Waals surface area (Å²) in [5, 5.41) is 11.2. The zero-order valence-electron chi connectivity index (χ0n) is 20.8. The van der Waals surface area contributed by atoms with Crippen LogP contribution in [-0.2, 0) is 11.0 Å². The van der Waals surface area contributed by atoms with Crippen molar-refractivity contribution in [1.82, 2.24) is 10.3 Å². The lowest BCUT2D eigenvalue weighted by atomic mass is 9.87. The Morgan fingerprint density at radius 2 is 1.62 bits per heavy atom. The van der Waals surface area contributed by atoms with Gasteiger partial charge in [-0.25, -0.2) is 0 Å². The number of pyridine rings is 1. The molecule has 0 spiro atoms. The minimum absolute atomic E-state index is 0.0372. The summed E-state index contributed by atoms with van der Waals surface area (Å²) in [7, 11) is 0.